The number of benzene rings is 2. The Morgan fingerprint density at radius 1 is 1.17 bits per heavy atom. The molecule has 3 heteroatoms. The molecule has 0 aromatic heterocycles. The van der Waals surface area contributed by atoms with Gasteiger partial charge >= 0.3 is 0 Å². The molecule has 1 nitrogen and oxygen atoms in total. The lowest BCUT2D eigenvalue weighted by atomic mass is 10.1. The summed E-state index contributed by atoms with van der Waals surface area (Å²) in [6, 6.07) is 15.6. The highest BCUT2D eigenvalue weighted by Gasteiger charge is 2.26. The van der Waals surface area contributed by atoms with E-state index >= 15 is 0 Å². The monoisotopic (exact) mass is 253 g/mol. The highest BCUT2D eigenvalue weighted by Crippen LogP contribution is 2.35. The number of fused-ring (bicyclic) bond motifs is 1. The average Bonchev–Trinajstić information content (AvgIpc) is 2.69. The molecule has 2 atom stereocenters. The van der Waals surface area contributed by atoms with E-state index < -0.39 is 0 Å². The molecule has 0 amide bonds. The molecular weight excluding hydrogens is 237 g/mol. The number of hydrogen-bond acceptors (Lipinski definition) is 2. The molecule has 1 saturated heterocycles. The van der Waals surface area contributed by atoms with Crippen LogP contribution in [0.4, 0.5) is 0 Å². The second-order valence-electron chi connectivity index (χ2n) is 5.00. The zero-order valence-electron chi connectivity index (χ0n) is 10.5. The van der Waals surface area contributed by atoms with Gasteiger partial charge in [-0.1, -0.05) is 43.3 Å². The Balaban J connectivity index is 1.87. The van der Waals surface area contributed by atoms with E-state index in [4.69, 9.17) is 7.98 Å². The van der Waals surface area contributed by atoms with Crippen molar-refractivity contribution in [2.45, 2.75) is 29.5 Å². The van der Waals surface area contributed by atoms with Gasteiger partial charge in [-0.3, -0.25) is 0 Å². The highest BCUT2D eigenvalue weighted by molar-refractivity contribution is 8.00. The van der Waals surface area contributed by atoms with Crippen molar-refractivity contribution in [3.8, 4) is 0 Å². The van der Waals surface area contributed by atoms with Crippen LogP contribution in [0.25, 0.3) is 10.8 Å². The largest absolute Gasteiger partial charge is 0.350 e. The predicted octanol–water partition coefficient (Wildman–Crippen LogP) is 3.48. The first kappa shape index (κ1) is 12.1. The van der Waals surface area contributed by atoms with Crippen LogP contribution >= 0.6 is 11.8 Å². The van der Waals surface area contributed by atoms with E-state index in [0.29, 0.717) is 11.3 Å². The van der Waals surface area contributed by atoms with Crippen molar-refractivity contribution in [3.63, 3.8) is 0 Å². The maximum atomic E-state index is 5.95. The number of thioether (sulfide) groups is 1. The van der Waals surface area contributed by atoms with Crippen molar-refractivity contribution in [1.29, 1.82) is 0 Å². The van der Waals surface area contributed by atoms with Crippen molar-refractivity contribution in [2.24, 2.45) is 0 Å². The Morgan fingerprint density at radius 3 is 2.72 bits per heavy atom. The quantitative estimate of drug-likeness (QED) is 0.754. The zero-order chi connectivity index (χ0) is 12.5. The van der Waals surface area contributed by atoms with Crippen molar-refractivity contribution >= 4 is 30.5 Å². The fraction of sp³-hybridized carbons (Fsp3) is 0.333. The molecule has 3 rings (SSSR count). The number of hydrogen-bond donors (Lipinski definition) is 0. The van der Waals surface area contributed by atoms with E-state index in [1.807, 2.05) is 16.6 Å². The maximum absolute atomic E-state index is 5.95. The molecule has 1 fully saturated rings. The summed E-state index contributed by atoms with van der Waals surface area (Å²) in [7, 11) is 5.95. The molecule has 0 bridgehead atoms. The second kappa shape index (κ2) is 4.98. The first-order valence-electron chi connectivity index (χ1n) is 6.40. The van der Waals surface area contributed by atoms with Gasteiger partial charge in [0, 0.05) is 10.1 Å². The van der Waals surface area contributed by atoms with E-state index in [1.54, 1.807) is 0 Å². The molecule has 1 aliphatic rings. The van der Waals surface area contributed by atoms with Crippen molar-refractivity contribution < 1.29 is 0 Å². The predicted molar refractivity (Wildman–Crippen MR) is 80.1 cm³/mol. The highest BCUT2D eigenvalue weighted by atomic mass is 32.2. The van der Waals surface area contributed by atoms with Gasteiger partial charge in [-0.05, 0) is 35.8 Å². The van der Waals surface area contributed by atoms with Crippen LogP contribution in [-0.2, 0) is 0 Å². The van der Waals surface area contributed by atoms with Gasteiger partial charge < -0.3 is 4.81 Å². The zero-order valence-corrected chi connectivity index (χ0v) is 11.4. The van der Waals surface area contributed by atoms with Crippen LogP contribution in [0.1, 0.15) is 13.3 Å². The van der Waals surface area contributed by atoms with Gasteiger partial charge in [-0.25, -0.2) is 0 Å². The van der Waals surface area contributed by atoms with Crippen LogP contribution in [0.15, 0.2) is 47.4 Å². The first-order valence-corrected chi connectivity index (χ1v) is 7.28. The van der Waals surface area contributed by atoms with Gasteiger partial charge in [0.15, 0.2) is 7.98 Å². The fourth-order valence-corrected chi connectivity index (χ4v) is 4.02. The Hall–Kier alpha value is -0.925. The Kier molecular flexibility index (Phi) is 3.36. The maximum Gasteiger partial charge on any atom is 0.182 e. The summed E-state index contributed by atoms with van der Waals surface area (Å²) in [4.78, 5) is 3.34. The minimum absolute atomic E-state index is 0.498. The molecular formula is C15H16BNS. The molecule has 18 heavy (non-hydrogen) atoms. The average molecular weight is 253 g/mol. The summed E-state index contributed by atoms with van der Waals surface area (Å²) in [5, 5.41) is 3.28. The molecule has 0 N–H and O–H groups in total. The summed E-state index contributed by atoms with van der Waals surface area (Å²) in [6.07, 6.45) is 1.17. The van der Waals surface area contributed by atoms with Gasteiger partial charge in [0.1, 0.15) is 0 Å². The summed E-state index contributed by atoms with van der Waals surface area (Å²) in [5.41, 5.74) is 0. The normalized spacial score (nSPS) is 24.7. The smallest absolute Gasteiger partial charge is 0.182 e. The van der Waals surface area contributed by atoms with Gasteiger partial charge in [0.2, 0.25) is 0 Å². The lowest BCUT2D eigenvalue weighted by molar-refractivity contribution is 0.450. The van der Waals surface area contributed by atoms with Crippen LogP contribution < -0.4 is 0 Å². The third kappa shape index (κ3) is 2.29. The molecule has 0 saturated carbocycles. The third-order valence-electron chi connectivity index (χ3n) is 3.63. The molecule has 2 radical (unpaired) electrons. The lowest BCUT2D eigenvalue weighted by Gasteiger charge is -2.13. The lowest BCUT2D eigenvalue weighted by Crippen LogP contribution is -2.23. The SMILES string of the molecule is [B]N1C[C@H](Sc2cccc3ccccc23)C[C@H]1C. The van der Waals surface area contributed by atoms with E-state index in [0.717, 1.165) is 6.54 Å². The molecule has 0 unspecified atom stereocenters. The molecule has 1 aliphatic heterocycles. The van der Waals surface area contributed by atoms with Crippen LogP contribution in [0.3, 0.4) is 0 Å². The minimum Gasteiger partial charge on any atom is -0.350 e. The first-order chi connectivity index (χ1) is 8.74. The van der Waals surface area contributed by atoms with Crippen LogP contribution in [-0.4, -0.2) is 30.6 Å². The standard InChI is InChI=1S/C15H16BNS/c1-11-9-13(10-17(11)16)18-15-8-4-6-12-5-2-3-7-14(12)15/h2-8,11,13H,9-10H2,1H3/t11-,13-/m1/s1. The van der Waals surface area contributed by atoms with Crippen LogP contribution in [0.5, 0.6) is 0 Å². The van der Waals surface area contributed by atoms with Crippen LogP contribution in [0, 0.1) is 0 Å². The van der Waals surface area contributed by atoms with Crippen molar-refractivity contribution in [3.05, 3.63) is 42.5 Å². The third-order valence-corrected chi connectivity index (χ3v) is 4.91. The van der Waals surface area contributed by atoms with E-state index in [1.165, 1.54) is 22.1 Å². The molecule has 2 aromatic carbocycles. The Labute approximate surface area is 114 Å². The summed E-state index contributed by atoms with van der Waals surface area (Å²) < 4.78 is 0. The van der Waals surface area contributed by atoms with E-state index in [-0.39, 0.29) is 0 Å². The van der Waals surface area contributed by atoms with E-state index in [2.05, 4.69) is 49.4 Å². The summed E-state index contributed by atoms with van der Waals surface area (Å²) >= 11 is 1.97. The van der Waals surface area contributed by atoms with Crippen molar-refractivity contribution in [2.75, 3.05) is 6.54 Å². The van der Waals surface area contributed by atoms with Crippen molar-refractivity contribution in [1.82, 2.24) is 4.81 Å². The summed E-state index contributed by atoms with van der Waals surface area (Å²) in [5.74, 6) is 0. The number of nitrogens with zero attached hydrogens (tertiary/aromatic N) is 1. The van der Waals surface area contributed by atoms with Gasteiger partial charge in [-0.15, -0.1) is 11.8 Å². The molecule has 0 aliphatic carbocycles. The Morgan fingerprint density at radius 2 is 1.94 bits per heavy atom. The molecule has 90 valence electrons. The topological polar surface area (TPSA) is 3.24 Å². The summed E-state index contributed by atoms with van der Waals surface area (Å²) in [6.45, 7) is 3.18. The van der Waals surface area contributed by atoms with Crippen LogP contribution in [0.2, 0.25) is 0 Å². The van der Waals surface area contributed by atoms with E-state index in [9.17, 15) is 0 Å². The molecule has 2 aromatic rings. The number of rotatable bonds is 2. The Bertz CT molecular complexity index is 542. The molecule has 1 heterocycles. The van der Waals surface area contributed by atoms with Gasteiger partial charge in [0.05, 0.1) is 0 Å². The minimum atomic E-state index is 0.498. The van der Waals surface area contributed by atoms with Gasteiger partial charge in [0.25, 0.3) is 0 Å². The molecule has 0 spiro atoms. The second-order valence-corrected chi connectivity index (χ2v) is 6.34. The van der Waals surface area contributed by atoms with Gasteiger partial charge in [-0.2, -0.15) is 0 Å². The fourth-order valence-electron chi connectivity index (χ4n) is 2.57.